The van der Waals surface area contributed by atoms with E-state index >= 15 is 0 Å². The fourth-order valence-corrected chi connectivity index (χ4v) is 0.901. The Hall–Kier alpha value is -1.09. The lowest BCUT2D eigenvalue weighted by Crippen LogP contribution is -2.01. The number of methoxy groups -OCH3 is 1. The smallest absolute Gasteiger partial charge is 0.134 e. The Labute approximate surface area is 77.3 Å². The van der Waals surface area contributed by atoms with Crippen LogP contribution in [0, 0.1) is 11.9 Å². The van der Waals surface area contributed by atoms with E-state index in [4.69, 9.17) is 9.47 Å². The van der Waals surface area contributed by atoms with Gasteiger partial charge >= 0.3 is 0 Å². The Morgan fingerprint density at radius 1 is 1.46 bits per heavy atom. The zero-order chi connectivity index (χ0) is 9.52. The normalized spacial score (nSPS) is 10.0. The van der Waals surface area contributed by atoms with Gasteiger partial charge in [-0.3, -0.25) is 0 Å². The molecule has 0 aliphatic heterocycles. The number of ether oxygens (including phenoxy) is 2. The fraction of sp³-hybridized carbons (Fsp3) is 0.400. The number of rotatable bonds is 5. The maximum absolute atomic E-state index is 12.6. The molecule has 2 nitrogen and oxygen atoms in total. The molecule has 0 saturated heterocycles. The molecule has 0 aromatic heterocycles. The van der Waals surface area contributed by atoms with Crippen LogP contribution in [0.5, 0.6) is 5.75 Å². The molecular weight excluding hydrogens is 171 g/mol. The molecular formula is C10H12FO2. The molecule has 0 aliphatic carbocycles. The van der Waals surface area contributed by atoms with E-state index in [0.717, 1.165) is 6.42 Å². The van der Waals surface area contributed by atoms with Gasteiger partial charge in [-0.15, -0.1) is 0 Å². The van der Waals surface area contributed by atoms with E-state index in [1.807, 2.05) is 0 Å². The highest BCUT2D eigenvalue weighted by Gasteiger charge is 1.95. The van der Waals surface area contributed by atoms with Gasteiger partial charge in [-0.05, 0) is 12.1 Å². The van der Waals surface area contributed by atoms with Crippen molar-refractivity contribution in [3.8, 4) is 5.75 Å². The second kappa shape index (κ2) is 5.54. The van der Waals surface area contributed by atoms with Crippen molar-refractivity contribution in [2.45, 2.75) is 6.42 Å². The molecule has 1 radical (unpaired) electrons. The first kappa shape index (κ1) is 9.99. The van der Waals surface area contributed by atoms with Crippen LogP contribution in [0.25, 0.3) is 0 Å². The highest BCUT2D eigenvalue weighted by atomic mass is 19.1. The molecule has 1 aromatic rings. The minimum atomic E-state index is -0.399. The maximum Gasteiger partial charge on any atom is 0.134 e. The lowest BCUT2D eigenvalue weighted by molar-refractivity contribution is 0.172. The van der Waals surface area contributed by atoms with Crippen molar-refractivity contribution in [3.63, 3.8) is 0 Å². The Balaban J connectivity index is 2.28. The third kappa shape index (κ3) is 3.90. The Morgan fingerprint density at radius 3 is 3.00 bits per heavy atom. The topological polar surface area (TPSA) is 18.5 Å². The molecule has 1 rings (SSSR count). The SMILES string of the molecule is COCCCOc1cc[c]c(F)c1. The van der Waals surface area contributed by atoms with E-state index in [9.17, 15) is 4.39 Å². The summed E-state index contributed by atoms with van der Waals surface area (Å²) < 4.78 is 22.7. The second-order valence-electron chi connectivity index (χ2n) is 2.57. The van der Waals surface area contributed by atoms with Gasteiger partial charge in [0.15, 0.2) is 0 Å². The van der Waals surface area contributed by atoms with Crippen LogP contribution in [0.15, 0.2) is 18.2 Å². The summed E-state index contributed by atoms with van der Waals surface area (Å²) in [5, 5.41) is 0. The van der Waals surface area contributed by atoms with Crippen LogP contribution in [0.4, 0.5) is 4.39 Å². The average Bonchev–Trinajstić information content (AvgIpc) is 2.13. The van der Waals surface area contributed by atoms with Crippen molar-refractivity contribution in [1.82, 2.24) is 0 Å². The molecule has 71 valence electrons. The predicted octanol–water partition coefficient (Wildman–Crippen LogP) is 2.04. The minimum absolute atomic E-state index is 0.399. The number of halogens is 1. The molecule has 13 heavy (non-hydrogen) atoms. The molecule has 3 heteroatoms. The minimum Gasteiger partial charge on any atom is -0.493 e. The van der Waals surface area contributed by atoms with E-state index < -0.39 is 5.82 Å². The van der Waals surface area contributed by atoms with Crippen LogP contribution in [0.2, 0.25) is 0 Å². The van der Waals surface area contributed by atoms with Crippen molar-refractivity contribution in [1.29, 1.82) is 0 Å². The maximum atomic E-state index is 12.6. The van der Waals surface area contributed by atoms with Gasteiger partial charge in [0.05, 0.1) is 6.61 Å². The average molecular weight is 183 g/mol. The number of hydrogen-bond donors (Lipinski definition) is 0. The van der Waals surface area contributed by atoms with Gasteiger partial charge in [0.25, 0.3) is 0 Å². The third-order valence-corrected chi connectivity index (χ3v) is 1.50. The highest BCUT2D eigenvalue weighted by molar-refractivity contribution is 5.21. The Bertz CT molecular complexity index is 250. The van der Waals surface area contributed by atoms with Crippen molar-refractivity contribution >= 4 is 0 Å². The lowest BCUT2D eigenvalue weighted by atomic mass is 10.3. The van der Waals surface area contributed by atoms with Crippen LogP contribution in [0.3, 0.4) is 0 Å². The summed E-state index contributed by atoms with van der Waals surface area (Å²) in [6, 6.07) is 6.89. The summed E-state index contributed by atoms with van der Waals surface area (Å²) >= 11 is 0. The summed E-state index contributed by atoms with van der Waals surface area (Å²) in [4.78, 5) is 0. The van der Waals surface area contributed by atoms with E-state index in [0.29, 0.717) is 19.0 Å². The van der Waals surface area contributed by atoms with Crippen molar-refractivity contribution in [2.24, 2.45) is 0 Å². The molecule has 0 aliphatic rings. The predicted molar refractivity (Wildman–Crippen MR) is 47.2 cm³/mol. The molecule has 0 unspecified atom stereocenters. The van der Waals surface area contributed by atoms with Gasteiger partial charge in [-0.2, -0.15) is 0 Å². The molecule has 0 N–H and O–H groups in total. The first-order chi connectivity index (χ1) is 6.33. The first-order valence-electron chi connectivity index (χ1n) is 4.12. The van der Waals surface area contributed by atoms with Crippen LogP contribution >= 0.6 is 0 Å². The largest absolute Gasteiger partial charge is 0.493 e. The molecule has 0 spiro atoms. The van der Waals surface area contributed by atoms with Gasteiger partial charge in [0, 0.05) is 32.3 Å². The van der Waals surface area contributed by atoms with E-state index in [2.05, 4.69) is 6.07 Å². The first-order valence-corrected chi connectivity index (χ1v) is 4.12. The van der Waals surface area contributed by atoms with Crippen LogP contribution in [-0.4, -0.2) is 20.3 Å². The lowest BCUT2D eigenvalue weighted by Gasteiger charge is -2.04. The quantitative estimate of drug-likeness (QED) is 0.650. The molecule has 0 atom stereocenters. The van der Waals surface area contributed by atoms with E-state index in [1.165, 1.54) is 12.1 Å². The third-order valence-electron chi connectivity index (χ3n) is 1.50. The van der Waals surface area contributed by atoms with Crippen LogP contribution < -0.4 is 4.74 Å². The van der Waals surface area contributed by atoms with Crippen LogP contribution in [0.1, 0.15) is 6.42 Å². The van der Waals surface area contributed by atoms with Crippen molar-refractivity contribution in [3.05, 3.63) is 30.1 Å². The zero-order valence-corrected chi connectivity index (χ0v) is 7.55. The molecule has 0 heterocycles. The zero-order valence-electron chi connectivity index (χ0n) is 7.55. The van der Waals surface area contributed by atoms with Crippen molar-refractivity contribution in [2.75, 3.05) is 20.3 Å². The van der Waals surface area contributed by atoms with E-state index in [1.54, 1.807) is 13.2 Å². The molecule has 0 amide bonds. The number of hydrogen-bond acceptors (Lipinski definition) is 2. The summed E-state index contributed by atoms with van der Waals surface area (Å²) in [7, 11) is 1.64. The van der Waals surface area contributed by atoms with Crippen LogP contribution in [-0.2, 0) is 4.74 Å². The van der Waals surface area contributed by atoms with Gasteiger partial charge < -0.3 is 9.47 Å². The van der Waals surface area contributed by atoms with Gasteiger partial charge in [-0.25, -0.2) is 4.39 Å². The summed E-state index contributed by atoms with van der Waals surface area (Å²) in [6.45, 7) is 1.19. The second-order valence-corrected chi connectivity index (χ2v) is 2.57. The number of benzene rings is 1. The van der Waals surface area contributed by atoms with Gasteiger partial charge in [0.1, 0.15) is 11.6 Å². The fourth-order valence-electron chi connectivity index (χ4n) is 0.901. The molecule has 0 fully saturated rings. The standard InChI is InChI=1S/C10H12FO2/c1-12-6-3-7-13-10-5-2-4-9(11)8-10/h2,5,8H,3,6-7H2,1H3. The summed E-state index contributed by atoms with van der Waals surface area (Å²) in [5.41, 5.74) is 0. The molecule has 0 saturated carbocycles. The van der Waals surface area contributed by atoms with Crippen molar-refractivity contribution < 1.29 is 13.9 Å². The van der Waals surface area contributed by atoms with E-state index in [-0.39, 0.29) is 0 Å². The van der Waals surface area contributed by atoms with Gasteiger partial charge in [0.2, 0.25) is 0 Å². The molecule has 0 bridgehead atoms. The monoisotopic (exact) mass is 183 g/mol. The summed E-state index contributed by atoms with van der Waals surface area (Å²) in [6.07, 6.45) is 0.802. The van der Waals surface area contributed by atoms with Gasteiger partial charge in [-0.1, -0.05) is 0 Å². The Kier molecular flexibility index (Phi) is 4.26. The summed E-state index contributed by atoms with van der Waals surface area (Å²) in [5.74, 6) is 0.136. The Morgan fingerprint density at radius 2 is 2.31 bits per heavy atom. The highest BCUT2D eigenvalue weighted by Crippen LogP contribution is 2.11. The molecule has 1 aromatic carbocycles.